The van der Waals surface area contributed by atoms with Gasteiger partial charge in [-0.1, -0.05) is 6.07 Å². The Morgan fingerprint density at radius 3 is 2.69 bits per heavy atom. The van der Waals surface area contributed by atoms with Crippen molar-refractivity contribution >= 4 is 11.8 Å². The molecule has 2 N–H and O–H groups in total. The van der Waals surface area contributed by atoms with Gasteiger partial charge in [-0.3, -0.25) is 0 Å². The summed E-state index contributed by atoms with van der Waals surface area (Å²) >= 11 is 0. The van der Waals surface area contributed by atoms with Crippen LogP contribution in [-0.2, 0) is 11.3 Å². The zero-order chi connectivity index (χ0) is 18.4. The monoisotopic (exact) mass is 358 g/mol. The van der Waals surface area contributed by atoms with Crippen LogP contribution in [0.25, 0.3) is 0 Å². The molecule has 0 aliphatic carbocycles. The molecule has 7 nitrogen and oxygen atoms in total. The van der Waals surface area contributed by atoms with E-state index in [9.17, 15) is 0 Å². The molecule has 1 atom stereocenters. The van der Waals surface area contributed by atoms with Crippen molar-refractivity contribution in [2.24, 2.45) is 0 Å². The van der Waals surface area contributed by atoms with Gasteiger partial charge in [0.15, 0.2) is 11.5 Å². The molecule has 0 amide bonds. The minimum absolute atomic E-state index is 0.272. The van der Waals surface area contributed by atoms with Crippen LogP contribution in [0.4, 0.5) is 11.8 Å². The number of benzene rings is 1. The smallest absolute Gasteiger partial charge is 0.225 e. The summed E-state index contributed by atoms with van der Waals surface area (Å²) < 4.78 is 16.2. The van der Waals surface area contributed by atoms with Crippen molar-refractivity contribution in [1.82, 2.24) is 9.97 Å². The van der Waals surface area contributed by atoms with Crippen molar-refractivity contribution in [3.63, 3.8) is 0 Å². The molecule has 1 saturated heterocycles. The number of nitrogens with one attached hydrogen (secondary N) is 2. The number of ether oxygens (including phenoxy) is 3. The maximum Gasteiger partial charge on any atom is 0.225 e. The molecule has 2 heterocycles. The van der Waals surface area contributed by atoms with Crippen molar-refractivity contribution in [2.75, 3.05) is 38.0 Å². The van der Waals surface area contributed by atoms with Crippen LogP contribution in [0.2, 0.25) is 0 Å². The van der Waals surface area contributed by atoms with Crippen LogP contribution in [0.1, 0.15) is 24.1 Å². The molecule has 0 spiro atoms. The second-order valence-corrected chi connectivity index (χ2v) is 6.28. The zero-order valence-corrected chi connectivity index (χ0v) is 15.5. The molecule has 1 aromatic heterocycles. The van der Waals surface area contributed by atoms with Gasteiger partial charge in [0.25, 0.3) is 0 Å². The normalized spacial score (nSPS) is 16.3. The van der Waals surface area contributed by atoms with Gasteiger partial charge in [0, 0.05) is 31.5 Å². The van der Waals surface area contributed by atoms with Gasteiger partial charge in [-0.25, -0.2) is 4.98 Å². The summed E-state index contributed by atoms with van der Waals surface area (Å²) in [6.45, 7) is 4.17. The molecule has 0 bridgehead atoms. The molecule has 1 aliphatic heterocycles. The summed E-state index contributed by atoms with van der Waals surface area (Å²) in [6, 6.07) is 7.76. The summed E-state index contributed by atoms with van der Waals surface area (Å²) in [4.78, 5) is 9.00. The Kier molecular flexibility index (Phi) is 6.12. The number of methoxy groups -OCH3 is 2. The lowest BCUT2D eigenvalue weighted by Crippen LogP contribution is -2.19. The molecule has 0 saturated carbocycles. The Bertz CT molecular complexity index is 733. The first-order chi connectivity index (χ1) is 12.7. The van der Waals surface area contributed by atoms with E-state index in [1.807, 2.05) is 31.2 Å². The van der Waals surface area contributed by atoms with E-state index in [0.29, 0.717) is 24.0 Å². The van der Waals surface area contributed by atoms with Gasteiger partial charge in [0.1, 0.15) is 5.82 Å². The predicted molar refractivity (Wildman–Crippen MR) is 101 cm³/mol. The van der Waals surface area contributed by atoms with Crippen LogP contribution in [0.15, 0.2) is 24.3 Å². The quantitative estimate of drug-likeness (QED) is 0.751. The summed E-state index contributed by atoms with van der Waals surface area (Å²) in [7, 11) is 3.26. The summed E-state index contributed by atoms with van der Waals surface area (Å²) in [6.07, 6.45) is 2.50. The van der Waals surface area contributed by atoms with Gasteiger partial charge < -0.3 is 24.8 Å². The van der Waals surface area contributed by atoms with E-state index in [-0.39, 0.29) is 6.10 Å². The van der Waals surface area contributed by atoms with Gasteiger partial charge in [0.05, 0.1) is 20.3 Å². The van der Waals surface area contributed by atoms with Crippen molar-refractivity contribution in [2.45, 2.75) is 32.4 Å². The van der Waals surface area contributed by atoms with Crippen LogP contribution in [0, 0.1) is 6.92 Å². The number of nitrogens with zero attached hydrogens (tertiary/aromatic N) is 2. The van der Waals surface area contributed by atoms with Crippen LogP contribution in [-0.4, -0.2) is 43.4 Å². The van der Waals surface area contributed by atoms with Crippen LogP contribution in [0.5, 0.6) is 11.5 Å². The van der Waals surface area contributed by atoms with Crippen molar-refractivity contribution in [3.05, 3.63) is 35.5 Å². The van der Waals surface area contributed by atoms with E-state index < -0.39 is 0 Å². The number of hydrogen-bond donors (Lipinski definition) is 2. The highest BCUT2D eigenvalue weighted by molar-refractivity contribution is 5.45. The van der Waals surface area contributed by atoms with Crippen molar-refractivity contribution < 1.29 is 14.2 Å². The van der Waals surface area contributed by atoms with E-state index in [1.165, 1.54) is 0 Å². The molecule has 1 aromatic carbocycles. The van der Waals surface area contributed by atoms with Crippen LogP contribution >= 0.6 is 0 Å². The molecule has 1 aliphatic rings. The molecular formula is C19H26N4O3. The molecule has 7 heteroatoms. The first-order valence-electron chi connectivity index (χ1n) is 8.84. The standard InChI is InChI=1S/C19H26N4O3/c1-13-9-18(20-12-15-5-4-8-26-15)23-19(22-13)21-11-14-6-7-16(24-2)17(10-14)25-3/h6-7,9-10,15H,4-5,8,11-12H2,1-3H3,(H2,20,21,22,23). The van der Waals surface area contributed by atoms with Crippen molar-refractivity contribution in [1.29, 1.82) is 0 Å². The topological polar surface area (TPSA) is 77.5 Å². The Labute approximate surface area is 154 Å². The molecule has 3 rings (SSSR count). The third-order valence-corrected chi connectivity index (χ3v) is 4.29. The lowest BCUT2D eigenvalue weighted by Gasteiger charge is -2.13. The second-order valence-electron chi connectivity index (χ2n) is 6.28. The second kappa shape index (κ2) is 8.71. The molecule has 1 unspecified atom stereocenters. The first-order valence-corrected chi connectivity index (χ1v) is 8.84. The molecular weight excluding hydrogens is 332 g/mol. The van der Waals surface area contributed by atoms with Gasteiger partial charge in [-0.05, 0) is 37.5 Å². The highest BCUT2D eigenvalue weighted by Gasteiger charge is 2.15. The number of hydrogen-bond acceptors (Lipinski definition) is 7. The van der Waals surface area contributed by atoms with Crippen LogP contribution < -0.4 is 20.1 Å². The summed E-state index contributed by atoms with van der Waals surface area (Å²) in [5.41, 5.74) is 1.96. The van der Waals surface area contributed by atoms with E-state index in [0.717, 1.165) is 43.1 Å². The highest BCUT2D eigenvalue weighted by Crippen LogP contribution is 2.27. The summed E-state index contributed by atoms with van der Waals surface area (Å²) in [5.74, 6) is 2.82. The first kappa shape index (κ1) is 18.3. The molecule has 26 heavy (non-hydrogen) atoms. The van der Waals surface area contributed by atoms with Gasteiger partial charge in [0.2, 0.25) is 5.95 Å². The Morgan fingerprint density at radius 1 is 1.12 bits per heavy atom. The van der Waals surface area contributed by atoms with Crippen molar-refractivity contribution in [3.8, 4) is 11.5 Å². The lowest BCUT2D eigenvalue weighted by atomic mass is 10.2. The molecule has 2 aromatic rings. The van der Waals surface area contributed by atoms with Gasteiger partial charge in [-0.15, -0.1) is 0 Å². The number of aromatic nitrogens is 2. The zero-order valence-electron chi connectivity index (χ0n) is 15.5. The largest absolute Gasteiger partial charge is 0.493 e. The van der Waals surface area contributed by atoms with Crippen LogP contribution in [0.3, 0.4) is 0 Å². The van der Waals surface area contributed by atoms with E-state index in [2.05, 4.69) is 20.6 Å². The maximum atomic E-state index is 5.64. The SMILES string of the molecule is COc1ccc(CNc2nc(C)cc(NCC3CCCO3)n2)cc1OC. The molecule has 0 radical (unpaired) electrons. The fourth-order valence-corrected chi connectivity index (χ4v) is 2.93. The van der Waals surface area contributed by atoms with E-state index >= 15 is 0 Å². The molecule has 140 valence electrons. The Hall–Kier alpha value is -2.54. The number of aryl methyl sites for hydroxylation is 1. The third kappa shape index (κ3) is 4.76. The minimum Gasteiger partial charge on any atom is -0.493 e. The third-order valence-electron chi connectivity index (χ3n) is 4.29. The maximum absolute atomic E-state index is 5.64. The average Bonchev–Trinajstić information content (AvgIpc) is 3.17. The van der Waals surface area contributed by atoms with E-state index in [1.54, 1.807) is 14.2 Å². The summed E-state index contributed by atoms with van der Waals surface area (Å²) in [5, 5.41) is 6.62. The van der Waals surface area contributed by atoms with E-state index in [4.69, 9.17) is 14.2 Å². The Balaban J connectivity index is 1.62. The Morgan fingerprint density at radius 2 is 1.96 bits per heavy atom. The number of anilines is 2. The van der Waals surface area contributed by atoms with Gasteiger partial charge >= 0.3 is 0 Å². The van der Waals surface area contributed by atoms with Gasteiger partial charge in [-0.2, -0.15) is 4.98 Å². The number of rotatable bonds is 8. The average molecular weight is 358 g/mol. The minimum atomic E-state index is 0.272. The highest BCUT2D eigenvalue weighted by atomic mass is 16.5. The predicted octanol–water partition coefficient (Wildman–Crippen LogP) is 3.01. The fraction of sp³-hybridized carbons (Fsp3) is 0.474. The molecule has 1 fully saturated rings. The fourth-order valence-electron chi connectivity index (χ4n) is 2.93. The lowest BCUT2D eigenvalue weighted by molar-refractivity contribution is 0.120.